The monoisotopic (exact) mass is 411 g/mol. The van der Waals surface area contributed by atoms with Crippen molar-refractivity contribution in [3.8, 4) is 0 Å². The van der Waals surface area contributed by atoms with E-state index in [9.17, 15) is 27.6 Å². The van der Waals surface area contributed by atoms with Gasteiger partial charge >= 0.3 is 6.03 Å². The minimum absolute atomic E-state index is 0.0733. The van der Waals surface area contributed by atoms with Crippen LogP contribution >= 0.6 is 11.6 Å². The van der Waals surface area contributed by atoms with Crippen molar-refractivity contribution >= 4 is 35.1 Å². The molecular formula is C18H13ClF3N3O3. The summed E-state index contributed by atoms with van der Waals surface area (Å²) >= 11 is 5.99. The molecule has 1 atom stereocenters. The van der Waals surface area contributed by atoms with E-state index < -0.39 is 47.4 Å². The van der Waals surface area contributed by atoms with Gasteiger partial charge in [-0.1, -0.05) is 17.7 Å². The molecule has 0 aliphatic carbocycles. The van der Waals surface area contributed by atoms with Crippen molar-refractivity contribution in [2.45, 2.75) is 12.5 Å². The molecule has 0 spiro atoms. The van der Waals surface area contributed by atoms with E-state index in [0.717, 1.165) is 24.3 Å². The molecule has 1 unspecified atom stereocenters. The van der Waals surface area contributed by atoms with Crippen LogP contribution in [0.4, 0.5) is 23.7 Å². The van der Waals surface area contributed by atoms with Crippen molar-refractivity contribution in [2.24, 2.45) is 0 Å². The molecule has 1 saturated heterocycles. The van der Waals surface area contributed by atoms with Crippen molar-refractivity contribution in [1.29, 1.82) is 0 Å². The fourth-order valence-corrected chi connectivity index (χ4v) is 3.20. The number of imide groups is 1. The Balaban J connectivity index is 1.79. The van der Waals surface area contributed by atoms with Gasteiger partial charge in [0.1, 0.15) is 29.5 Å². The zero-order valence-corrected chi connectivity index (χ0v) is 15.1. The van der Waals surface area contributed by atoms with Crippen LogP contribution in [0.25, 0.3) is 0 Å². The van der Waals surface area contributed by atoms with Gasteiger partial charge in [0.05, 0.1) is 5.69 Å². The Bertz CT molecular complexity index is 1000. The number of nitrogens with zero attached hydrogens (tertiary/aromatic N) is 1. The Morgan fingerprint density at radius 2 is 1.79 bits per heavy atom. The molecule has 1 heterocycles. The van der Waals surface area contributed by atoms with Crippen LogP contribution in [0.5, 0.6) is 0 Å². The Morgan fingerprint density at radius 3 is 2.43 bits per heavy atom. The lowest BCUT2D eigenvalue weighted by Crippen LogP contribution is -2.42. The second kappa shape index (κ2) is 7.16. The standard InChI is InChI=1S/C18H13ClF3N3O3/c1-18(11-4-2-9(20)6-12(11)19)16(27)25(17(28)24-18)8-15(26)23-14-5-3-10(21)7-13(14)22/h2-7H,8H2,1H3,(H,23,26)(H,24,28). The highest BCUT2D eigenvalue weighted by Gasteiger charge is 2.50. The third kappa shape index (κ3) is 3.53. The van der Waals surface area contributed by atoms with Crippen LogP contribution in [-0.4, -0.2) is 29.3 Å². The van der Waals surface area contributed by atoms with Crippen molar-refractivity contribution in [2.75, 3.05) is 11.9 Å². The van der Waals surface area contributed by atoms with Gasteiger partial charge in [0, 0.05) is 16.7 Å². The molecular weight excluding hydrogens is 399 g/mol. The number of carbonyl (C=O) groups is 3. The smallest absolute Gasteiger partial charge is 0.322 e. The molecule has 28 heavy (non-hydrogen) atoms. The summed E-state index contributed by atoms with van der Waals surface area (Å²) in [5.41, 5.74) is -1.76. The van der Waals surface area contributed by atoms with Crippen LogP contribution in [0.3, 0.4) is 0 Å². The predicted octanol–water partition coefficient (Wildman–Crippen LogP) is 3.16. The highest BCUT2D eigenvalue weighted by molar-refractivity contribution is 6.32. The highest BCUT2D eigenvalue weighted by Crippen LogP contribution is 2.34. The molecule has 2 N–H and O–H groups in total. The number of anilines is 1. The van der Waals surface area contributed by atoms with Crippen LogP contribution in [-0.2, 0) is 15.1 Å². The van der Waals surface area contributed by atoms with Gasteiger partial charge in [-0.3, -0.25) is 14.5 Å². The lowest BCUT2D eigenvalue weighted by Gasteiger charge is -2.23. The molecule has 146 valence electrons. The minimum Gasteiger partial charge on any atom is -0.322 e. The van der Waals surface area contributed by atoms with Crippen molar-refractivity contribution < 1.29 is 27.6 Å². The zero-order valence-electron chi connectivity index (χ0n) is 14.4. The fraction of sp³-hybridized carbons (Fsp3) is 0.167. The maximum Gasteiger partial charge on any atom is 0.325 e. The third-order valence-corrected chi connectivity index (χ3v) is 4.56. The van der Waals surface area contributed by atoms with Crippen molar-refractivity contribution in [1.82, 2.24) is 10.2 Å². The number of carbonyl (C=O) groups excluding carboxylic acids is 3. The van der Waals surface area contributed by atoms with Gasteiger partial charge in [0.2, 0.25) is 5.91 Å². The van der Waals surface area contributed by atoms with E-state index in [1.54, 1.807) is 0 Å². The molecule has 0 radical (unpaired) electrons. The Kier molecular flexibility index (Phi) is 5.03. The average Bonchev–Trinajstić information content (AvgIpc) is 2.81. The molecule has 1 aliphatic heterocycles. The van der Waals surface area contributed by atoms with Gasteiger partial charge < -0.3 is 10.6 Å². The topological polar surface area (TPSA) is 78.5 Å². The highest BCUT2D eigenvalue weighted by atomic mass is 35.5. The van der Waals surface area contributed by atoms with Crippen molar-refractivity contribution in [3.63, 3.8) is 0 Å². The third-order valence-electron chi connectivity index (χ3n) is 4.25. The maximum atomic E-state index is 13.6. The van der Waals surface area contributed by atoms with Crippen LogP contribution < -0.4 is 10.6 Å². The van der Waals surface area contributed by atoms with Gasteiger partial charge in [-0.15, -0.1) is 0 Å². The minimum atomic E-state index is -1.61. The second-order valence-electron chi connectivity index (χ2n) is 6.24. The number of hydrogen-bond acceptors (Lipinski definition) is 3. The van der Waals surface area contributed by atoms with E-state index in [0.29, 0.717) is 11.0 Å². The van der Waals surface area contributed by atoms with E-state index in [-0.39, 0.29) is 16.3 Å². The summed E-state index contributed by atoms with van der Waals surface area (Å²) in [6, 6.07) is 5.00. The molecule has 0 saturated carbocycles. The molecule has 1 aliphatic rings. The second-order valence-corrected chi connectivity index (χ2v) is 6.65. The number of benzene rings is 2. The van der Waals surface area contributed by atoms with E-state index in [4.69, 9.17) is 11.6 Å². The summed E-state index contributed by atoms with van der Waals surface area (Å²) in [4.78, 5) is 37.7. The summed E-state index contributed by atoms with van der Waals surface area (Å²) in [6.07, 6.45) is 0. The molecule has 1 fully saturated rings. The van der Waals surface area contributed by atoms with Crippen molar-refractivity contribution in [3.05, 3.63) is 64.4 Å². The quantitative estimate of drug-likeness (QED) is 0.759. The van der Waals surface area contributed by atoms with Gasteiger partial charge in [0.15, 0.2) is 0 Å². The van der Waals surface area contributed by atoms with E-state index >= 15 is 0 Å². The lowest BCUT2D eigenvalue weighted by molar-refractivity contribution is -0.133. The number of rotatable bonds is 4. The molecule has 2 aromatic rings. The number of nitrogens with one attached hydrogen (secondary N) is 2. The first-order valence-electron chi connectivity index (χ1n) is 7.96. The van der Waals surface area contributed by atoms with Crippen LogP contribution in [0, 0.1) is 17.5 Å². The summed E-state index contributed by atoms with van der Waals surface area (Å²) in [6.45, 7) is 0.653. The van der Waals surface area contributed by atoms with Gasteiger partial charge in [0.25, 0.3) is 5.91 Å². The SMILES string of the molecule is CC1(c2ccc(F)cc2Cl)NC(=O)N(CC(=O)Nc2ccc(F)cc2F)C1=O. The molecule has 6 nitrogen and oxygen atoms in total. The van der Waals surface area contributed by atoms with Crippen LogP contribution in [0.2, 0.25) is 5.02 Å². The molecule has 4 amide bonds. The van der Waals surface area contributed by atoms with E-state index in [2.05, 4.69) is 10.6 Å². The normalized spacial score (nSPS) is 19.0. The fourth-order valence-electron chi connectivity index (χ4n) is 2.84. The first kappa shape index (κ1) is 19.7. The largest absolute Gasteiger partial charge is 0.325 e. The number of amides is 4. The maximum absolute atomic E-state index is 13.6. The van der Waals surface area contributed by atoms with Crippen LogP contribution in [0.1, 0.15) is 12.5 Å². The Labute approximate surface area is 162 Å². The first-order chi connectivity index (χ1) is 13.1. The predicted molar refractivity (Wildman–Crippen MR) is 94.0 cm³/mol. The Hall–Kier alpha value is -3.07. The Morgan fingerprint density at radius 1 is 1.14 bits per heavy atom. The van der Waals surface area contributed by atoms with Gasteiger partial charge in [-0.05, 0) is 31.2 Å². The van der Waals surface area contributed by atoms with Gasteiger partial charge in [-0.25, -0.2) is 18.0 Å². The number of urea groups is 1. The molecule has 2 aromatic carbocycles. The zero-order chi connectivity index (χ0) is 20.6. The summed E-state index contributed by atoms with van der Waals surface area (Å²) in [7, 11) is 0. The molecule has 0 bridgehead atoms. The number of hydrogen-bond donors (Lipinski definition) is 2. The number of halogens is 4. The lowest BCUT2D eigenvalue weighted by atomic mass is 9.92. The van der Waals surface area contributed by atoms with E-state index in [1.165, 1.54) is 13.0 Å². The molecule has 3 rings (SSSR count). The first-order valence-corrected chi connectivity index (χ1v) is 8.34. The molecule has 10 heteroatoms. The van der Waals surface area contributed by atoms with Gasteiger partial charge in [-0.2, -0.15) is 0 Å². The summed E-state index contributed by atoms with van der Waals surface area (Å²) < 4.78 is 39.8. The summed E-state index contributed by atoms with van der Waals surface area (Å²) in [5, 5.41) is 4.51. The van der Waals surface area contributed by atoms with E-state index in [1.807, 2.05) is 0 Å². The molecule has 0 aromatic heterocycles. The van der Waals surface area contributed by atoms with Crippen LogP contribution in [0.15, 0.2) is 36.4 Å². The average molecular weight is 412 g/mol. The summed E-state index contributed by atoms with van der Waals surface area (Å²) in [5.74, 6) is -4.11.